The number of benzene rings is 1. The third kappa shape index (κ3) is 3.05. The molecular weight excluding hydrogens is 260 g/mol. The lowest BCUT2D eigenvalue weighted by atomic mass is 10.2. The van der Waals surface area contributed by atoms with Crippen molar-refractivity contribution in [3.05, 3.63) is 29.8 Å². The molecule has 1 N–H and O–H groups in total. The highest BCUT2D eigenvalue weighted by Crippen LogP contribution is 2.28. The number of hydrogen-bond donors (Lipinski definition) is 1. The number of fused-ring (bicyclic) bond motifs is 1. The molecular formula is C17H26N4. The second-order valence-corrected chi connectivity index (χ2v) is 6.20. The van der Waals surface area contributed by atoms with Crippen LogP contribution in [0.3, 0.4) is 0 Å². The Kier molecular flexibility index (Phi) is 4.15. The van der Waals surface area contributed by atoms with Gasteiger partial charge in [-0.1, -0.05) is 18.2 Å². The molecule has 3 rings (SSSR count). The molecule has 1 aromatic rings. The van der Waals surface area contributed by atoms with E-state index in [0.29, 0.717) is 6.04 Å². The fourth-order valence-corrected chi connectivity index (χ4v) is 3.08. The summed E-state index contributed by atoms with van der Waals surface area (Å²) < 4.78 is 0. The van der Waals surface area contributed by atoms with Crippen LogP contribution < -0.4 is 10.2 Å². The van der Waals surface area contributed by atoms with Gasteiger partial charge < -0.3 is 10.2 Å². The first-order valence-corrected chi connectivity index (χ1v) is 7.98. The Morgan fingerprint density at radius 1 is 1.43 bits per heavy atom. The second-order valence-electron chi connectivity index (χ2n) is 6.20. The Morgan fingerprint density at radius 3 is 2.90 bits per heavy atom. The van der Waals surface area contributed by atoms with Gasteiger partial charge in [0, 0.05) is 37.9 Å². The van der Waals surface area contributed by atoms with Crippen LogP contribution >= 0.6 is 0 Å². The minimum absolute atomic E-state index is 0.534. The molecule has 21 heavy (non-hydrogen) atoms. The quantitative estimate of drug-likeness (QED) is 0.679. The molecule has 114 valence electrons. The Morgan fingerprint density at radius 2 is 2.19 bits per heavy atom. The van der Waals surface area contributed by atoms with E-state index in [-0.39, 0.29) is 0 Å². The summed E-state index contributed by atoms with van der Waals surface area (Å²) in [5.41, 5.74) is 2.72. The number of aliphatic imine (C=N–C) groups is 1. The van der Waals surface area contributed by atoms with Crippen molar-refractivity contribution in [1.82, 2.24) is 10.2 Å². The van der Waals surface area contributed by atoms with Crippen LogP contribution in [0.1, 0.15) is 25.3 Å². The Bertz CT molecular complexity index is 521. The molecule has 0 radical (unpaired) electrons. The molecule has 1 aromatic carbocycles. The summed E-state index contributed by atoms with van der Waals surface area (Å²) >= 11 is 0. The highest BCUT2D eigenvalue weighted by atomic mass is 15.3. The lowest BCUT2D eigenvalue weighted by Crippen LogP contribution is -2.46. The average Bonchev–Trinajstić information content (AvgIpc) is 3.28. The summed E-state index contributed by atoms with van der Waals surface area (Å²) in [6.45, 7) is 4.25. The van der Waals surface area contributed by atoms with Gasteiger partial charge in [0.2, 0.25) is 0 Å². The van der Waals surface area contributed by atoms with Crippen LogP contribution in [-0.4, -0.2) is 50.1 Å². The van der Waals surface area contributed by atoms with Gasteiger partial charge in [-0.3, -0.25) is 9.89 Å². The number of anilines is 1. The molecule has 1 aliphatic carbocycles. The molecule has 1 heterocycles. The Labute approximate surface area is 127 Å². The van der Waals surface area contributed by atoms with E-state index in [1.165, 1.54) is 24.1 Å². The number of hydrogen-bond acceptors (Lipinski definition) is 2. The van der Waals surface area contributed by atoms with Crippen molar-refractivity contribution in [3.63, 3.8) is 0 Å². The molecule has 4 heteroatoms. The van der Waals surface area contributed by atoms with E-state index < -0.39 is 0 Å². The maximum atomic E-state index is 4.47. The predicted octanol–water partition coefficient (Wildman–Crippen LogP) is 2.11. The van der Waals surface area contributed by atoms with Gasteiger partial charge in [-0.05, 0) is 44.9 Å². The first-order valence-electron chi connectivity index (χ1n) is 7.98. The monoisotopic (exact) mass is 286 g/mol. The predicted molar refractivity (Wildman–Crippen MR) is 89.1 cm³/mol. The van der Waals surface area contributed by atoms with Crippen molar-refractivity contribution in [2.45, 2.75) is 38.3 Å². The van der Waals surface area contributed by atoms with Gasteiger partial charge >= 0.3 is 0 Å². The van der Waals surface area contributed by atoms with E-state index in [9.17, 15) is 0 Å². The number of guanidine groups is 1. The van der Waals surface area contributed by atoms with Gasteiger partial charge in [0.05, 0.1) is 0 Å². The fraction of sp³-hybridized carbons (Fsp3) is 0.588. The zero-order valence-electron chi connectivity index (χ0n) is 13.3. The van der Waals surface area contributed by atoms with Gasteiger partial charge in [0.15, 0.2) is 5.96 Å². The minimum Gasteiger partial charge on any atom is -0.354 e. The van der Waals surface area contributed by atoms with Crippen molar-refractivity contribution >= 4 is 11.6 Å². The largest absolute Gasteiger partial charge is 0.354 e. The number of nitrogens with one attached hydrogen (secondary N) is 1. The molecule has 0 saturated heterocycles. The van der Waals surface area contributed by atoms with Crippen LogP contribution in [0.2, 0.25) is 0 Å². The summed E-state index contributed by atoms with van der Waals surface area (Å²) in [5, 5.41) is 3.55. The molecule has 1 fully saturated rings. The number of rotatable bonds is 4. The van der Waals surface area contributed by atoms with Crippen LogP contribution in [0.4, 0.5) is 5.69 Å². The van der Waals surface area contributed by atoms with Gasteiger partial charge in [-0.2, -0.15) is 0 Å². The van der Waals surface area contributed by atoms with Gasteiger partial charge in [-0.15, -0.1) is 0 Å². The average molecular weight is 286 g/mol. The van der Waals surface area contributed by atoms with Gasteiger partial charge in [0.1, 0.15) is 0 Å². The normalized spacial score (nSPS) is 19.8. The summed E-state index contributed by atoms with van der Waals surface area (Å²) in [6, 6.07) is 9.96. The Balaban J connectivity index is 1.61. The fourth-order valence-electron chi connectivity index (χ4n) is 3.08. The van der Waals surface area contributed by atoms with E-state index in [1.54, 1.807) is 0 Å². The van der Waals surface area contributed by atoms with Crippen LogP contribution in [0.5, 0.6) is 0 Å². The maximum absolute atomic E-state index is 4.47. The van der Waals surface area contributed by atoms with Crippen molar-refractivity contribution in [2.24, 2.45) is 4.99 Å². The lowest BCUT2D eigenvalue weighted by molar-refractivity contribution is 0.247. The van der Waals surface area contributed by atoms with Crippen molar-refractivity contribution < 1.29 is 0 Å². The topological polar surface area (TPSA) is 30.9 Å². The summed E-state index contributed by atoms with van der Waals surface area (Å²) in [7, 11) is 4.11. The molecule has 0 bridgehead atoms. The molecule has 4 nitrogen and oxygen atoms in total. The molecule has 2 aliphatic rings. The molecule has 0 aromatic heterocycles. The van der Waals surface area contributed by atoms with Crippen LogP contribution in [0.25, 0.3) is 0 Å². The molecule has 1 unspecified atom stereocenters. The van der Waals surface area contributed by atoms with Crippen LogP contribution in [-0.2, 0) is 6.42 Å². The van der Waals surface area contributed by atoms with Crippen molar-refractivity contribution in [1.29, 1.82) is 0 Å². The smallest absolute Gasteiger partial charge is 0.198 e. The highest BCUT2D eigenvalue weighted by molar-refractivity contribution is 5.97. The summed E-state index contributed by atoms with van der Waals surface area (Å²) in [5.74, 6) is 0.996. The van der Waals surface area contributed by atoms with E-state index in [4.69, 9.17) is 0 Å². The SMILES string of the molecule is CN=C(NCC(C)N(C)C1CC1)N1CCc2ccccc21. The zero-order chi connectivity index (χ0) is 14.8. The third-order valence-corrected chi connectivity index (χ3v) is 4.73. The summed E-state index contributed by atoms with van der Waals surface area (Å²) in [6.07, 6.45) is 3.82. The van der Waals surface area contributed by atoms with E-state index in [2.05, 4.69) is 58.3 Å². The Hall–Kier alpha value is -1.55. The van der Waals surface area contributed by atoms with Crippen LogP contribution in [0.15, 0.2) is 29.3 Å². The number of nitrogens with zero attached hydrogens (tertiary/aromatic N) is 3. The first kappa shape index (κ1) is 14.4. The standard InChI is InChI=1S/C17H26N4/c1-13(20(3)15-8-9-15)12-19-17(18-2)21-11-10-14-6-4-5-7-16(14)21/h4-7,13,15H,8-12H2,1-3H3,(H,18,19). The number of likely N-dealkylation sites (N-methyl/N-ethyl adjacent to an activating group) is 1. The van der Waals surface area contributed by atoms with Gasteiger partial charge in [0.25, 0.3) is 0 Å². The molecule has 1 atom stereocenters. The summed E-state index contributed by atoms with van der Waals surface area (Å²) in [4.78, 5) is 9.26. The third-order valence-electron chi connectivity index (χ3n) is 4.73. The minimum atomic E-state index is 0.534. The van der Waals surface area contributed by atoms with Crippen LogP contribution in [0, 0.1) is 0 Å². The van der Waals surface area contributed by atoms with E-state index in [0.717, 1.165) is 31.5 Å². The van der Waals surface area contributed by atoms with E-state index in [1.807, 2.05) is 7.05 Å². The number of para-hydroxylation sites is 1. The lowest BCUT2D eigenvalue weighted by Gasteiger charge is -2.28. The van der Waals surface area contributed by atoms with Crippen molar-refractivity contribution in [2.75, 3.05) is 32.1 Å². The first-order chi connectivity index (χ1) is 10.2. The molecule has 1 aliphatic heterocycles. The molecule has 0 amide bonds. The zero-order valence-corrected chi connectivity index (χ0v) is 13.3. The van der Waals surface area contributed by atoms with Gasteiger partial charge in [-0.25, -0.2) is 0 Å². The molecule has 0 spiro atoms. The molecule has 1 saturated carbocycles. The maximum Gasteiger partial charge on any atom is 0.198 e. The highest BCUT2D eigenvalue weighted by Gasteiger charge is 2.29. The van der Waals surface area contributed by atoms with Crippen molar-refractivity contribution in [3.8, 4) is 0 Å². The van der Waals surface area contributed by atoms with E-state index >= 15 is 0 Å². The second kappa shape index (κ2) is 6.06.